The highest BCUT2D eigenvalue weighted by Gasteiger charge is 2.17. The molecule has 2 aromatic rings. The van der Waals surface area contributed by atoms with Gasteiger partial charge in [0, 0.05) is 17.2 Å². The molecule has 0 heterocycles. The minimum atomic E-state index is -1.22. The number of carbonyl (C=O) groups excluding carboxylic acids is 2. The third-order valence-electron chi connectivity index (χ3n) is 3.84. The third-order valence-corrected chi connectivity index (χ3v) is 3.84. The van der Waals surface area contributed by atoms with Gasteiger partial charge in [-0.2, -0.15) is 0 Å². The van der Waals surface area contributed by atoms with Crippen LogP contribution >= 0.6 is 0 Å². The van der Waals surface area contributed by atoms with Crippen LogP contribution in [0.4, 0.5) is 5.69 Å². The Balaban J connectivity index is 0.000000892. The number of nitrogen functional groups attached to an aromatic ring is 1. The number of aryl methyl sites for hydroxylation is 2. The minimum Gasteiger partial charge on any atom is -0.550 e. The normalized spacial score (nSPS) is 10.9. The summed E-state index contributed by atoms with van der Waals surface area (Å²) in [7, 11) is 1.58. The fourth-order valence-corrected chi connectivity index (χ4v) is 2.52. The number of carboxylic acid groups (broad SMARTS) is 2. The molecule has 1 unspecified atom stereocenters. The first-order valence-corrected chi connectivity index (χ1v) is 8.31. The van der Waals surface area contributed by atoms with Crippen molar-refractivity contribution in [3.05, 3.63) is 58.7 Å². The van der Waals surface area contributed by atoms with Crippen molar-refractivity contribution in [3.8, 4) is 5.75 Å². The van der Waals surface area contributed by atoms with E-state index in [2.05, 4.69) is 5.32 Å². The van der Waals surface area contributed by atoms with E-state index in [9.17, 15) is 9.90 Å². The van der Waals surface area contributed by atoms with E-state index in [0.29, 0.717) is 22.6 Å². The number of methoxy groups -OCH3 is 1. The van der Waals surface area contributed by atoms with Gasteiger partial charge < -0.3 is 35.6 Å². The largest absolute Gasteiger partial charge is 0.550 e. The van der Waals surface area contributed by atoms with E-state index in [-0.39, 0.29) is 5.84 Å². The number of ether oxygens (including phenoxy) is 1. The molecule has 150 valence electrons. The lowest BCUT2D eigenvalue weighted by Gasteiger charge is -2.24. The summed E-state index contributed by atoms with van der Waals surface area (Å²) in [6.45, 7) is 4.66. The predicted octanol–water partition coefficient (Wildman–Crippen LogP) is 0.255. The Hall–Kier alpha value is -3.55. The van der Waals surface area contributed by atoms with Crippen LogP contribution in [0.1, 0.15) is 35.2 Å². The van der Waals surface area contributed by atoms with Crippen LogP contribution in [0.15, 0.2) is 36.4 Å². The molecule has 1 atom stereocenters. The first kappa shape index (κ1) is 22.5. The highest BCUT2D eigenvalue weighted by Crippen LogP contribution is 2.28. The molecule has 8 nitrogen and oxygen atoms in total. The molecule has 0 aliphatic carbocycles. The summed E-state index contributed by atoms with van der Waals surface area (Å²) < 4.78 is 5.26. The Morgan fingerprint density at radius 1 is 1.11 bits per heavy atom. The molecule has 0 aliphatic rings. The molecule has 0 aromatic heterocycles. The lowest BCUT2D eigenvalue weighted by atomic mass is 9.97. The molecular weight excluding hydrogens is 362 g/mol. The van der Waals surface area contributed by atoms with Crippen LogP contribution in [-0.4, -0.2) is 24.9 Å². The van der Waals surface area contributed by atoms with Crippen LogP contribution in [0.2, 0.25) is 0 Å². The summed E-state index contributed by atoms with van der Waals surface area (Å²) in [5, 5.41) is 30.9. The van der Waals surface area contributed by atoms with E-state index in [1.54, 1.807) is 43.5 Å². The first-order valence-electron chi connectivity index (χ1n) is 8.31. The summed E-state index contributed by atoms with van der Waals surface area (Å²) in [5.74, 6) is -1.64. The molecule has 8 heteroatoms. The molecule has 28 heavy (non-hydrogen) atoms. The molecule has 0 radical (unpaired) electrons. The number of nitrogens with one attached hydrogen (secondary N) is 2. The van der Waals surface area contributed by atoms with Crippen molar-refractivity contribution in [3.63, 3.8) is 0 Å². The number of benzene rings is 2. The lowest BCUT2D eigenvalue weighted by molar-refractivity contribution is -0.307. The number of nitrogens with two attached hydrogens (primary N) is 1. The van der Waals surface area contributed by atoms with Crippen molar-refractivity contribution in [1.82, 2.24) is 0 Å². The van der Waals surface area contributed by atoms with Crippen molar-refractivity contribution in [1.29, 1.82) is 5.41 Å². The molecule has 4 N–H and O–H groups in total. The number of anilines is 1. The average Bonchev–Trinajstić information content (AvgIpc) is 2.61. The zero-order chi connectivity index (χ0) is 21.4. The number of carbonyl (C=O) groups is 2. The van der Waals surface area contributed by atoms with Crippen molar-refractivity contribution in [2.75, 3.05) is 12.4 Å². The van der Waals surface area contributed by atoms with Gasteiger partial charge in [-0.1, -0.05) is 0 Å². The Labute approximate surface area is 163 Å². The molecular formula is C20H23N3O5-2. The zero-order valence-electron chi connectivity index (χ0n) is 16.2. The van der Waals surface area contributed by atoms with E-state index in [4.69, 9.17) is 25.8 Å². The summed E-state index contributed by atoms with van der Waals surface area (Å²) in [5.41, 5.74) is 8.84. The molecule has 0 saturated carbocycles. The molecule has 0 fully saturated rings. The topological polar surface area (TPSA) is 151 Å². The van der Waals surface area contributed by atoms with E-state index >= 15 is 0 Å². The Morgan fingerprint density at radius 3 is 2.07 bits per heavy atom. The number of carboxylic acids is 2. The quantitative estimate of drug-likeness (QED) is 0.476. The van der Waals surface area contributed by atoms with Gasteiger partial charge in [0.1, 0.15) is 11.6 Å². The van der Waals surface area contributed by atoms with Crippen LogP contribution in [-0.2, 0) is 9.59 Å². The van der Waals surface area contributed by atoms with Gasteiger partial charge in [-0.3, -0.25) is 5.41 Å². The Bertz CT molecular complexity index is 859. The van der Waals surface area contributed by atoms with Gasteiger partial charge >= 0.3 is 0 Å². The lowest BCUT2D eigenvalue weighted by Crippen LogP contribution is -2.34. The van der Waals surface area contributed by atoms with Gasteiger partial charge in [0.2, 0.25) is 0 Å². The van der Waals surface area contributed by atoms with Crippen LogP contribution < -0.4 is 26.0 Å². The molecule has 2 rings (SSSR count). The van der Waals surface area contributed by atoms with Crippen molar-refractivity contribution >= 4 is 23.5 Å². The molecule has 0 bridgehead atoms. The number of aliphatic carboxylic acids is 2. The van der Waals surface area contributed by atoms with Gasteiger partial charge in [-0.05, 0) is 73.9 Å². The zero-order valence-corrected chi connectivity index (χ0v) is 16.2. The van der Waals surface area contributed by atoms with Crippen molar-refractivity contribution < 1.29 is 24.5 Å². The first-order chi connectivity index (χ1) is 13.1. The summed E-state index contributed by atoms with van der Waals surface area (Å²) in [4.78, 5) is 20.5. The smallest absolute Gasteiger partial charge is 0.122 e. The number of amidine groups is 1. The Kier molecular flexibility index (Phi) is 8.00. The minimum absolute atomic E-state index is 0.0420. The maximum Gasteiger partial charge on any atom is 0.122 e. The second-order valence-electron chi connectivity index (χ2n) is 6.06. The maximum atomic E-state index is 11.6. The van der Waals surface area contributed by atoms with Crippen LogP contribution in [0.3, 0.4) is 0 Å². The summed E-state index contributed by atoms with van der Waals surface area (Å²) in [6, 6.07) is 9.26. The van der Waals surface area contributed by atoms with Gasteiger partial charge in [-0.25, -0.2) is 0 Å². The fraction of sp³-hybridized carbons (Fsp3) is 0.250. The summed E-state index contributed by atoms with van der Waals surface area (Å²) >= 11 is 0. The highest BCUT2D eigenvalue weighted by atomic mass is 16.5. The van der Waals surface area contributed by atoms with E-state index in [0.717, 1.165) is 18.1 Å². The van der Waals surface area contributed by atoms with Crippen LogP contribution in [0.5, 0.6) is 5.75 Å². The second-order valence-corrected chi connectivity index (χ2v) is 6.06. The van der Waals surface area contributed by atoms with Crippen molar-refractivity contribution in [2.24, 2.45) is 5.73 Å². The molecule has 0 saturated heterocycles. The molecule has 2 aromatic carbocycles. The molecule has 0 spiro atoms. The Morgan fingerprint density at radius 2 is 1.64 bits per heavy atom. The third kappa shape index (κ3) is 6.31. The average molecular weight is 385 g/mol. The number of hydrogen-bond donors (Lipinski definition) is 3. The standard InChI is InChI=1S/C18H21N3O3.C2H4O2/c1-10-9-15(24-3)11(2)8-14(10)16(18(22)23)21-13-6-4-12(5-7-13)17(19)20;1-2(3)4/h4-9,16,21H,1-3H3,(H3,19,20)(H,22,23);1H3,(H,3,4)/p-2. The molecule has 0 aliphatic heterocycles. The maximum absolute atomic E-state index is 11.6. The SMILES string of the molecule is CC(=O)[O-].COc1cc(C)c(C(Nc2ccc(C(=N)N)cc2)C(=O)[O-])cc1C. The van der Waals surface area contributed by atoms with E-state index < -0.39 is 18.0 Å². The van der Waals surface area contributed by atoms with Gasteiger partial charge in [0.25, 0.3) is 0 Å². The fourth-order valence-electron chi connectivity index (χ4n) is 2.52. The number of hydrogen-bond acceptors (Lipinski definition) is 7. The monoisotopic (exact) mass is 385 g/mol. The number of rotatable bonds is 6. The van der Waals surface area contributed by atoms with E-state index in [1.807, 2.05) is 13.8 Å². The summed E-state index contributed by atoms with van der Waals surface area (Å²) in [6.07, 6.45) is 0. The second kappa shape index (κ2) is 9.96. The predicted molar refractivity (Wildman–Crippen MR) is 102 cm³/mol. The molecule has 0 amide bonds. The van der Waals surface area contributed by atoms with Crippen molar-refractivity contribution in [2.45, 2.75) is 26.8 Å². The van der Waals surface area contributed by atoms with Crippen LogP contribution in [0, 0.1) is 19.3 Å². The highest BCUT2D eigenvalue weighted by molar-refractivity contribution is 5.95. The van der Waals surface area contributed by atoms with E-state index in [1.165, 1.54) is 0 Å². The van der Waals surface area contributed by atoms with Gasteiger partial charge in [-0.15, -0.1) is 0 Å². The van der Waals surface area contributed by atoms with Crippen LogP contribution in [0.25, 0.3) is 0 Å². The van der Waals surface area contributed by atoms with Gasteiger partial charge in [0.05, 0.1) is 19.1 Å². The van der Waals surface area contributed by atoms with Gasteiger partial charge in [0.15, 0.2) is 0 Å².